The number of thiophene rings is 4. The molecule has 0 bridgehead atoms. The van der Waals surface area contributed by atoms with Gasteiger partial charge in [-0.15, -0.1) is 45.3 Å². The molecule has 0 aromatic carbocycles. The summed E-state index contributed by atoms with van der Waals surface area (Å²) in [7, 11) is 0. The van der Waals surface area contributed by atoms with Crippen LogP contribution in [0.1, 0.15) is 101 Å². The molecule has 40 heavy (non-hydrogen) atoms. The van der Waals surface area contributed by atoms with Crippen molar-refractivity contribution in [2.45, 2.75) is 91.9 Å². The highest BCUT2D eigenvalue weighted by Gasteiger charge is 2.17. The number of hydrogen-bond donors (Lipinski definition) is 0. The van der Waals surface area contributed by atoms with Crippen molar-refractivity contribution in [1.29, 1.82) is 0 Å². The molecule has 0 aliphatic rings. The molecule has 0 nitrogen and oxygen atoms in total. The van der Waals surface area contributed by atoms with Crippen molar-refractivity contribution in [2.24, 2.45) is 11.8 Å². The quantitative estimate of drug-likeness (QED) is 0.107. The summed E-state index contributed by atoms with van der Waals surface area (Å²) in [5.41, 5.74) is 5.57. The van der Waals surface area contributed by atoms with Crippen LogP contribution in [-0.2, 0) is 12.8 Å². The molecule has 2 atom stereocenters. The van der Waals surface area contributed by atoms with Crippen LogP contribution in [0, 0.1) is 11.8 Å². The fourth-order valence-electron chi connectivity index (χ4n) is 5.26. The average Bonchev–Trinajstić information content (AvgIpc) is 3.74. The Balaban J connectivity index is 1.62. The normalized spacial score (nSPS) is 13.4. The van der Waals surface area contributed by atoms with Crippen LogP contribution in [0.25, 0.3) is 31.7 Å². The van der Waals surface area contributed by atoms with Gasteiger partial charge in [0.2, 0.25) is 0 Å². The van der Waals surface area contributed by atoms with Gasteiger partial charge in [0.1, 0.15) is 0 Å². The predicted molar refractivity (Wildman–Crippen MR) is 194 cm³/mol. The highest BCUT2D eigenvalue weighted by molar-refractivity contribution is 9.12. The number of unbranched alkanes of at least 4 members (excludes halogenated alkanes) is 2. The number of hydrogen-bond acceptors (Lipinski definition) is 4. The zero-order valence-corrected chi connectivity index (χ0v) is 30.7. The van der Waals surface area contributed by atoms with Crippen LogP contribution < -0.4 is 0 Å². The second-order valence-corrected chi connectivity index (χ2v) is 17.5. The SMILES string of the molecule is CCCCC(CC)Cc1csc(-c2cc(/C=C/c3cc(Br)sc3Br)c(-c3cc(CC(CC)CCCC)cs3)s2)c1. The fourth-order valence-corrected chi connectivity index (χ4v) is 11.2. The van der Waals surface area contributed by atoms with Crippen molar-refractivity contribution < 1.29 is 0 Å². The van der Waals surface area contributed by atoms with Gasteiger partial charge in [0.25, 0.3) is 0 Å². The van der Waals surface area contributed by atoms with E-state index in [1.54, 1.807) is 11.3 Å². The molecule has 0 amide bonds. The van der Waals surface area contributed by atoms with E-state index in [0.29, 0.717) is 0 Å². The zero-order valence-electron chi connectivity index (χ0n) is 24.2. The molecule has 4 aromatic heterocycles. The summed E-state index contributed by atoms with van der Waals surface area (Å²) < 4.78 is 2.32. The molecule has 4 rings (SSSR count). The Hall–Kier alpha value is -0.500. The molecule has 0 aliphatic carbocycles. The first kappa shape index (κ1) is 32.4. The third-order valence-electron chi connectivity index (χ3n) is 7.80. The number of halogens is 2. The average molecular weight is 739 g/mol. The van der Waals surface area contributed by atoms with Crippen molar-refractivity contribution in [3.05, 3.63) is 64.9 Å². The Morgan fingerprint density at radius 3 is 1.80 bits per heavy atom. The van der Waals surface area contributed by atoms with Gasteiger partial charge in [0, 0.05) is 20.2 Å². The predicted octanol–water partition coefficient (Wildman–Crippen LogP) is 14.5. The van der Waals surface area contributed by atoms with Gasteiger partial charge in [0.05, 0.1) is 12.4 Å². The van der Waals surface area contributed by atoms with E-state index in [1.807, 2.05) is 34.0 Å². The summed E-state index contributed by atoms with van der Waals surface area (Å²) in [6, 6.07) is 9.55. The molecular formula is C34H42Br2S4. The van der Waals surface area contributed by atoms with Gasteiger partial charge in [-0.3, -0.25) is 0 Å². The lowest BCUT2D eigenvalue weighted by molar-refractivity contribution is 0.449. The summed E-state index contributed by atoms with van der Waals surface area (Å²) in [5, 5.41) is 4.82. The summed E-state index contributed by atoms with van der Waals surface area (Å²) in [6.45, 7) is 9.31. The van der Waals surface area contributed by atoms with Crippen LogP contribution in [0.5, 0.6) is 0 Å². The first-order chi connectivity index (χ1) is 19.4. The van der Waals surface area contributed by atoms with E-state index >= 15 is 0 Å². The Morgan fingerprint density at radius 2 is 1.25 bits per heavy atom. The standard InChI is InChI=1S/C34H42Br2S4/c1-5-9-11-23(7-3)15-25-17-29(37-21-25)30-19-27(13-14-28-20-32(35)40-34(28)36)33(39-30)31-18-26(22-38-31)16-24(8-4)12-10-6-2/h13-14,17-24H,5-12,15-16H2,1-4H3/b14-13+. The summed E-state index contributed by atoms with van der Waals surface area (Å²) >= 11 is 14.9. The molecule has 216 valence electrons. The molecule has 0 aliphatic heterocycles. The zero-order chi connectivity index (χ0) is 28.5. The molecule has 0 spiro atoms. The summed E-state index contributed by atoms with van der Waals surface area (Å²) in [6.07, 6.45) is 17.5. The molecule has 6 heteroatoms. The second-order valence-electron chi connectivity index (χ2n) is 10.9. The fraction of sp³-hybridized carbons (Fsp3) is 0.471. The van der Waals surface area contributed by atoms with Crippen molar-refractivity contribution in [3.63, 3.8) is 0 Å². The van der Waals surface area contributed by atoms with Gasteiger partial charge in [-0.2, -0.15) is 0 Å². The molecule has 0 saturated heterocycles. The highest BCUT2D eigenvalue weighted by Crippen LogP contribution is 2.44. The lowest BCUT2D eigenvalue weighted by Crippen LogP contribution is -2.02. The Labute approximate surface area is 275 Å². The van der Waals surface area contributed by atoms with E-state index in [2.05, 4.69) is 107 Å². The van der Waals surface area contributed by atoms with E-state index < -0.39 is 0 Å². The summed E-state index contributed by atoms with van der Waals surface area (Å²) in [4.78, 5) is 5.61. The molecule has 2 unspecified atom stereocenters. The molecule has 4 heterocycles. The minimum atomic E-state index is 0.795. The van der Waals surface area contributed by atoms with E-state index in [1.165, 1.54) is 110 Å². The molecule has 4 aromatic rings. The van der Waals surface area contributed by atoms with Crippen LogP contribution in [0.15, 0.2) is 42.6 Å². The highest BCUT2D eigenvalue weighted by atomic mass is 79.9. The Morgan fingerprint density at radius 1 is 0.675 bits per heavy atom. The van der Waals surface area contributed by atoms with E-state index in [0.717, 1.165) is 15.6 Å². The number of rotatable bonds is 16. The minimum Gasteiger partial charge on any atom is -0.143 e. The third kappa shape index (κ3) is 9.00. The Bertz CT molecular complexity index is 1350. The van der Waals surface area contributed by atoms with Crippen molar-refractivity contribution in [3.8, 4) is 19.5 Å². The van der Waals surface area contributed by atoms with Gasteiger partial charge in [-0.25, -0.2) is 0 Å². The van der Waals surface area contributed by atoms with Crippen LogP contribution in [0.3, 0.4) is 0 Å². The molecule has 0 radical (unpaired) electrons. The first-order valence-corrected chi connectivity index (χ1v) is 19.8. The van der Waals surface area contributed by atoms with E-state index in [-0.39, 0.29) is 0 Å². The van der Waals surface area contributed by atoms with Crippen LogP contribution >= 0.6 is 77.2 Å². The maximum absolute atomic E-state index is 3.73. The van der Waals surface area contributed by atoms with Crippen molar-refractivity contribution in [2.75, 3.05) is 0 Å². The first-order valence-electron chi connectivity index (χ1n) is 14.9. The molecule has 0 N–H and O–H groups in total. The lowest BCUT2D eigenvalue weighted by Gasteiger charge is -2.12. The second kappa shape index (κ2) is 16.4. The van der Waals surface area contributed by atoms with E-state index in [4.69, 9.17) is 0 Å². The Kier molecular flexibility index (Phi) is 13.3. The largest absolute Gasteiger partial charge is 0.143 e. The lowest BCUT2D eigenvalue weighted by atomic mass is 9.93. The van der Waals surface area contributed by atoms with Crippen LogP contribution in [0.4, 0.5) is 0 Å². The summed E-state index contributed by atoms with van der Waals surface area (Å²) in [5.74, 6) is 1.60. The molecule has 0 saturated carbocycles. The van der Waals surface area contributed by atoms with Gasteiger partial charge in [-0.1, -0.05) is 91.2 Å². The van der Waals surface area contributed by atoms with Gasteiger partial charge in [-0.05, 0) is 108 Å². The van der Waals surface area contributed by atoms with Gasteiger partial charge >= 0.3 is 0 Å². The third-order valence-corrected chi connectivity index (χ3v) is 13.7. The minimum absolute atomic E-state index is 0.795. The van der Waals surface area contributed by atoms with Crippen LogP contribution in [-0.4, -0.2) is 0 Å². The maximum Gasteiger partial charge on any atom is 0.0782 e. The molecular weight excluding hydrogens is 696 g/mol. The van der Waals surface area contributed by atoms with Gasteiger partial charge in [0.15, 0.2) is 0 Å². The maximum atomic E-state index is 3.73. The topological polar surface area (TPSA) is 0 Å². The van der Waals surface area contributed by atoms with Gasteiger partial charge < -0.3 is 0 Å². The van der Waals surface area contributed by atoms with E-state index in [9.17, 15) is 0 Å². The molecule has 0 fully saturated rings. The smallest absolute Gasteiger partial charge is 0.0782 e. The van der Waals surface area contributed by atoms with Crippen LogP contribution in [0.2, 0.25) is 0 Å². The van der Waals surface area contributed by atoms with Crippen molar-refractivity contribution >= 4 is 89.4 Å². The monoisotopic (exact) mass is 736 g/mol. The van der Waals surface area contributed by atoms with Crippen molar-refractivity contribution in [1.82, 2.24) is 0 Å².